The van der Waals surface area contributed by atoms with Gasteiger partial charge in [-0.25, -0.2) is 4.98 Å². The first-order valence-corrected chi connectivity index (χ1v) is 10.9. The smallest absolute Gasteiger partial charge is 0.382 e. The molecule has 0 unspecified atom stereocenters. The molecule has 0 bridgehead atoms. The molecular weight excluding hydrogens is 419 g/mol. The Morgan fingerprint density at radius 3 is 2.53 bits per heavy atom. The Kier molecular flexibility index (Phi) is 6.55. The molecule has 2 aliphatic rings. The van der Waals surface area contributed by atoms with Gasteiger partial charge in [0.15, 0.2) is 0 Å². The van der Waals surface area contributed by atoms with E-state index in [1.54, 1.807) is 0 Å². The number of hydrogen-bond acceptors (Lipinski definition) is 4. The number of aromatic nitrogens is 2. The zero-order valence-electron chi connectivity index (χ0n) is 17.8. The Morgan fingerprint density at radius 2 is 1.88 bits per heavy atom. The minimum atomic E-state index is -4.48. The topological polar surface area (TPSA) is 62.2 Å². The number of carbonyl (C=O) groups excluding carboxylic acids is 1. The molecule has 1 aromatic heterocycles. The number of nitrogens with one attached hydrogen (secondary N) is 2. The molecule has 1 aliphatic carbocycles. The minimum Gasteiger partial charge on any atom is -0.382 e. The largest absolute Gasteiger partial charge is 0.416 e. The summed E-state index contributed by atoms with van der Waals surface area (Å²) in [5.74, 6) is -0.552. The van der Waals surface area contributed by atoms with E-state index in [-0.39, 0.29) is 18.2 Å². The molecule has 1 aliphatic heterocycles. The summed E-state index contributed by atoms with van der Waals surface area (Å²) in [5, 5.41) is 5.95. The minimum absolute atomic E-state index is 0.0197. The van der Waals surface area contributed by atoms with Gasteiger partial charge in [0.25, 0.3) is 5.91 Å². The molecule has 9 heteroatoms. The van der Waals surface area contributed by atoms with E-state index >= 15 is 0 Å². The number of imidazole rings is 1. The van der Waals surface area contributed by atoms with Crippen molar-refractivity contribution in [3.05, 3.63) is 66.4 Å². The van der Waals surface area contributed by atoms with Crippen LogP contribution in [0.3, 0.4) is 0 Å². The lowest BCUT2D eigenvalue weighted by atomic mass is 9.88. The van der Waals surface area contributed by atoms with Crippen LogP contribution in [-0.4, -0.2) is 52.1 Å². The molecule has 0 radical (unpaired) electrons. The van der Waals surface area contributed by atoms with Crippen LogP contribution in [0.25, 0.3) is 0 Å². The number of alkyl halides is 3. The summed E-state index contributed by atoms with van der Waals surface area (Å²) in [7, 11) is 0. The lowest BCUT2D eigenvalue weighted by Crippen LogP contribution is -2.61. The molecule has 1 saturated heterocycles. The van der Waals surface area contributed by atoms with E-state index < -0.39 is 17.6 Å². The molecule has 2 aromatic rings. The quantitative estimate of drug-likeness (QED) is 0.681. The van der Waals surface area contributed by atoms with Crippen molar-refractivity contribution in [2.24, 2.45) is 0 Å². The van der Waals surface area contributed by atoms with Gasteiger partial charge in [-0.1, -0.05) is 12.6 Å². The predicted octanol–water partition coefficient (Wildman–Crippen LogP) is 3.60. The summed E-state index contributed by atoms with van der Waals surface area (Å²) < 4.78 is 40.7. The molecule has 2 N–H and O–H groups in total. The highest BCUT2D eigenvalue weighted by Crippen LogP contribution is 2.33. The monoisotopic (exact) mass is 447 g/mol. The SMILES string of the molecule is C=C(CNC(=O)c1cccc(C(F)(F)F)c1)NC1CN([C@H]2CC[C@@H](n3ccnc3)CC2)C1. The number of nitrogens with zero attached hydrogens (tertiary/aromatic N) is 3. The molecule has 172 valence electrons. The van der Waals surface area contributed by atoms with Gasteiger partial charge in [0.1, 0.15) is 0 Å². The molecule has 2 heterocycles. The van der Waals surface area contributed by atoms with E-state index in [1.807, 2.05) is 18.7 Å². The molecule has 0 atom stereocenters. The molecule has 32 heavy (non-hydrogen) atoms. The third-order valence-corrected chi connectivity index (χ3v) is 6.36. The summed E-state index contributed by atoms with van der Waals surface area (Å²) in [4.78, 5) is 18.8. The Morgan fingerprint density at radius 1 is 1.16 bits per heavy atom. The van der Waals surface area contributed by atoms with E-state index in [1.165, 1.54) is 25.0 Å². The molecular formula is C23H28F3N5O. The fraction of sp³-hybridized carbons (Fsp3) is 0.478. The van der Waals surface area contributed by atoms with Crippen LogP contribution in [0.15, 0.2) is 55.3 Å². The van der Waals surface area contributed by atoms with Gasteiger partial charge in [-0.3, -0.25) is 9.69 Å². The molecule has 4 rings (SSSR count). The highest BCUT2D eigenvalue weighted by atomic mass is 19.4. The Balaban J connectivity index is 1.15. The summed E-state index contributed by atoms with van der Waals surface area (Å²) in [6, 6.07) is 5.83. The van der Waals surface area contributed by atoms with E-state index in [0.29, 0.717) is 17.8 Å². The fourth-order valence-electron chi connectivity index (χ4n) is 4.57. The first-order valence-electron chi connectivity index (χ1n) is 10.9. The van der Waals surface area contributed by atoms with Crippen LogP contribution in [0.4, 0.5) is 13.2 Å². The van der Waals surface area contributed by atoms with Gasteiger partial charge in [-0.2, -0.15) is 13.2 Å². The first kappa shape index (κ1) is 22.4. The lowest BCUT2D eigenvalue weighted by molar-refractivity contribution is -0.137. The van der Waals surface area contributed by atoms with Gasteiger partial charge in [0, 0.05) is 48.8 Å². The number of halogens is 3. The van der Waals surface area contributed by atoms with Crippen molar-refractivity contribution >= 4 is 5.91 Å². The normalized spacial score (nSPS) is 22.2. The van der Waals surface area contributed by atoms with Gasteiger partial charge in [-0.15, -0.1) is 0 Å². The zero-order valence-corrected chi connectivity index (χ0v) is 17.8. The van der Waals surface area contributed by atoms with Crippen molar-refractivity contribution < 1.29 is 18.0 Å². The van der Waals surface area contributed by atoms with Crippen LogP contribution in [0.1, 0.15) is 47.6 Å². The summed E-state index contributed by atoms with van der Waals surface area (Å²) in [6.45, 7) is 5.97. The maximum Gasteiger partial charge on any atom is 0.416 e. The second-order valence-electron chi connectivity index (χ2n) is 8.63. The van der Waals surface area contributed by atoms with E-state index in [2.05, 4.69) is 31.7 Å². The standard InChI is InChI=1S/C23H28F3N5O/c1-16(12-28-22(32)17-3-2-4-18(11-17)23(24,25)26)29-19-13-31(14-19)21-7-5-20(6-8-21)30-10-9-27-15-30/h2-4,9-11,15,19-21,29H,1,5-8,12-14H2,(H,28,32)/t20-,21+. The Labute approximate surface area is 185 Å². The number of hydrogen-bond donors (Lipinski definition) is 2. The number of rotatable bonds is 7. The summed E-state index contributed by atoms with van der Waals surface area (Å²) >= 11 is 0. The van der Waals surface area contributed by atoms with Crippen molar-refractivity contribution in [1.82, 2.24) is 25.1 Å². The highest BCUT2D eigenvalue weighted by molar-refractivity contribution is 5.94. The summed E-state index contributed by atoms with van der Waals surface area (Å²) in [6.07, 6.45) is 5.93. The average Bonchev–Trinajstić information content (AvgIpc) is 3.29. The van der Waals surface area contributed by atoms with Crippen molar-refractivity contribution in [3.8, 4) is 0 Å². The predicted molar refractivity (Wildman–Crippen MR) is 115 cm³/mol. The van der Waals surface area contributed by atoms with E-state index in [0.717, 1.165) is 38.1 Å². The number of carbonyl (C=O) groups is 1. The van der Waals surface area contributed by atoms with Gasteiger partial charge >= 0.3 is 6.18 Å². The number of amides is 1. The highest BCUT2D eigenvalue weighted by Gasteiger charge is 2.35. The van der Waals surface area contributed by atoms with Crippen LogP contribution in [0.2, 0.25) is 0 Å². The van der Waals surface area contributed by atoms with Gasteiger partial charge in [0.2, 0.25) is 0 Å². The zero-order chi connectivity index (χ0) is 22.7. The van der Waals surface area contributed by atoms with Crippen molar-refractivity contribution in [3.63, 3.8) is 0 Å². The maximum atomic E-state index is 12.8. The second kappa shape index (κ2) is 9.36. The number of likely N-dealkylation sites (tertiary alicyclic amines) is 1. The molecule has 1 saturated carbocycles. The molecule has 2 fully saturated rings. The van der Waals surface area contributed by atoms with Crippen LogP contribution < -0.4 is 10.6 Å². The Hall–Kier alpha value is -2.81. The van der Waals surface area contributed by atoms with Crippen molar-refractivity contribution in [2.75, 3.05) is 19.6 Å². The van der Waals surface area contributed by atoms with Gasteiger partial charge in [0.05, 0.1) is 24.5 Å². The summed E-state index contributed by atoms with van der Waals surface area (Å²) in [5.41, 5.74) is -0.205. The van der Waals surface area contributed by atoms with Crippen molar-refractivity contribution in [2.45, 2.75) is 50.0 Å². The van der Waals surface area contributed by atoms with E-state index in [9.17, 15) is 18.0 Å². The second-order valence-corrected chi connectivity index (χ2v) is 8.63. The molecule has 6 nitrogen and oxygen atoms in total. The van der Waals surface area contributed by atoms with Crippen LogP contribution in [-0.2, 0) is 6.18 Å². The van der Waals surface area contributed by atoms with Gasteiger partial charge < -0.3 is 15.2 Å². The van der Waals surface area contributed by atoms with Crippen LogP contribution >= 0.6 is 0 Å². The van der Waals surface area contributed by atoms with Gasteiger partial charge in [-0.05, 0) is 43.9 Å². The third kappa shape index (κ3) is 5.32. The van der Waals surface area contributed by atoms with Crippen LogP contribution in [0, 0.1) is 0 Å². The maximum absolute atomic E-state index is 12.8. The molecule has 1 amide bonds. The fourth-order valence-corrected chi connectivity index (χ4v) is 4.57. The Bertz CT molecular complexity index is 929. The molecule has 1 aromatic carbocycles. The first-order chi connectivity index (χ1) is 15.3. The lowest BCUT2D eigenvalue weighted by Gasteiger charge is -2.47. The third-order valence-electron chi connectivity index (χ3n) is 6.36. The van der Waals surface area contributed by atoms with E-state index in [4.69, 9.17) is 0 Å². The van der Waals surface area contributed by atoms with Crippen molar-refractivity contribution in [1.29, 1.82) is 0 Å². The van der Waals surface area contributed by atoms with Crippen LogP contribution in [0.5, 0.6) is 0 Å². The average molecular weight is 448 g/mol. The molecule has 0 spiro atoms. The number of benzene rings is 1.